The van der Waals surface area contributed by atoms with Gasteiger partial charge in [0.25, 0.3) is 11.6 Å². The molecule has 2 rings (SSSR count). The van der Waals surface area contributed by atoms with Gasteiger partial charge < -0.3 is 10.4 Å². The Balaban J connectivity index is 2.21. The van der Waals surface area contributed by atoms with Crippen LogP contribution in [0.1, 0.15) is 16.2 Å². The molecule has 8 nitrogen and oxygen atoms in total. The molecule has 1 aromatic heterocycles. The molecule has 1 heterocycles. The predicted molar refractivity (Wildman–Crippen MR) is 70.7 cm³/mol. The number of aromatic hydroxyl groups is 1. The second-order valence-corrected chi connectivity index (χ2v) is 4.21. The van der Waals surface area contributed by atoms with Gasteiger partial charge in [-0.25, -0.2) is 0 Å². The van der Waals surface area contributed by atoms with E-state index in [0.717, 1.165) is 11.8 Å². The maximum absolute atomic E-state index is 11.9. The number of phenolic OH excluding ortho intramolecular Hbond substituents is 1. The molecule has 0 radical (unpaired) electrons. The highest BCUT2D eigenvalue weighted by Gasteiger charge is 2.15. The van der Waals surface area contributed by atoms with Gasteiger partial charge in [0.2, 0.25) is 0 Å². The SMILES string of the molecule is Cc1cc(C(=O)Nc2ccc([N+](=O)[O-])cc2O)nn1C. The van der Waals surface area contributed by atoms with Gasteiger partial charge in [-0.1, -0.05) is 0 Å². The Bertz CT molecular complexity index is 673. The summed E-state index contributed by atoms with van der Waals surface area (Å²) in [4.78, 5) is 21.8. The molecule has 2 aromatic rings. The smallest absolute Gasteiger partial charge is 0.276 e. The second-order valence-electron chi connectivity index (χ2n) is 4.21. The number of rotatable bonds is 3. The van der Waals surface area contributed by atoms with Crippen molar-refractivity contribution in [2.24, 2.45) is 7.05 Å². The molecule has 20 heavy (non-hydrogen) atoms. The fourth-order valence-corrected chi connectivity index (χ4v) is 1.60. The minimum atomic E-state index is -0.632. The van der Waals surface area contributed by atoms with Gasteiger partial charge in [0.1, 0.15) is 5.75 Å². The summed E-state index contributed by atoms with van der Waals surface area (Å²) >= 11 is 0. The van der Waals surface area contributed by atoms with Gasteiger partial charge in [-0.15, -0.1) is 0 Å². The van der Waals surface area contributed by atoms with Crippen molar-refractivity contribution in [3.63, 3.8) is 0 Å². The first-order valence-electron chi connectivity index (χ1n) is 5.68. The molecule has 1 aromatic carbocycles. The number of benzene rings is 1. The van der Waals surface area contributed by atoms with E-state index in [4.69, 9.17) is 0 Å². The maximum Gasteiger partial charge on any atom is 0.276 e. The Morgan fingerprint density at radius 1 is 1.45 bits per heavy atom. The lowest BCUT2D eigenvalue weighted by Crippen LogP contribution is -2.13. The molecule has 0 saturated heterocycles. The van der Waals surface area contributed by atoms with Gasteiger partial charge in [0.15, 0.2) is 5.69 Å². The van der Waals surface area contributed by atoms with E-state index in [-0.39, 0.29) is 22.8 Å². The van der Waals surface area contributed by atoms with Crippen LogP contribution in [0.15, 0.2) is 24.3 Å². The molecule has 0 aliphatic heterocycles. The van der Waals surface area contributed by atoms with Crippen molar-refractivity contribution >= 4 is 17.3 Å². The van der Waals surface area contributed by atoms with E-state index in [9.17, 15) is 20.0 Å². The third kappa shape index (κ3) is 2.58. The number of amides is 1. The highest BCUT2D eigenvalue weighted by atomic mass is 16.6. The van der Waals surface area contributed by atoms with Crippen LogP contribution in [0.2, 0.25) is 0 Å². The fourth-order valence-electron chi connectivity index (χ4n) is 1.60. The quantitative estimate of drug-likeness (QED) is 0.502. The Hall–Kier alpha value is -2.90. The summed E-state index contributed by atoms with van der Waals surface area (Å²) in [6.45, 7) is 1.80. The summed E-state index contributed by atoms with van der Waals surface area (Å²) in [7, 11) is 1.70. The molecule has 0 unspecified atom stereocenters. The highest BCUT2D eigenvalue weighted by molar-refractivity contribution is 6.03. The third-order valence-corrected chi connectivity index (χ3v) is 2.79. The minimum Gasteiger partial charge on any atom is -0.506 e. The topological polar surface area (TPSA) is 110 Å². The Morgan fingerprint density at radius 2 is 2.15 bits per heavy atom. The van der Waals surface area contributed by atoms with E-state index in [0.29, 0.717) is 0 Å². The number of nitrogens with one attached hydrogen (secondary N) is 1. The number of hydrogen-bond acceptors (Lipinski definition) is 5. The predicted octanol–water partition coefficient (Wildman–Crippen LogP) is 1.59. The van der Waals surface area contributed by atoms with Crippen molar-refractivity contribution in [3.05, 3.63) is 45.8 Å². The summed E-state index contributed by atoms with van der Waals surface area (Å²) in [6, 6.07) is 5.03. The van der Waals surface area contributed by atoms with Crippen LogP contribution in [0, 0.1) is 17.0 Å². The summed E-state index contributed by atoms with van der Waals surface area (Å²) in [6.07, 6.45) is 0. The zero-order valence-electron chi connectivity index (χ0n) is 10.8. The average Bonchev–Trinajstić information content (AvgIpc) is 2.72. The van der Waals surface area contributed by atoms with Crippen molar-refractivity contribution in [3.8, 4) is 5.75 Å². The van der Waals surface area contributed by atoms with Crippen LogP contribution in [0.4, 0.5) is 11.4 Å². The zero-order valence-corrected chi connectivity index (χ0v) is 10.8. The first kappa shape index (κ1) is 13.5. The number of non-ortho nitro benzene ring substituents is 1. The summed E-state index contributed by atoms with van der Waals surface area (Å²) in [5.74, 6) is -0.877. The van der Waals surface area contributed by atoms with E-state index in [1.54, 1.807) is 24.7 Å². The summed E-state index contributed by atoms with van der Waals surface area (Å²) in [5, 5.41) is 26.6. The van der Waals surface area contributed by atoms with Crippen LogP contribution in [-0.2, 0) is 7.05 Å². The van der Waals surface area contributed by atoms with Gasteiger partial charge in [-0.2, -0.15) is 5.10 Å². The van der Waals surface area contributed by atoms with Gasteiger partial charge in [0, 0.05) is 18.8 Å². The number of aryl methyl sites for hydroxylation is 2. The van der Waals surface area contributed by atoms with E-state index in [2.05, 4.69) is 10.4 Å². The Labute approximate surface area is 113 Å². The number of carbonyl (C=O) groups is 1. The number of nitro benzene ring substituents is 1. The minimum absolute atomic E-state index is 0.0870. The fraction of sp³-hybridized carbons (Fsp3) is 0.167. The lowest BCUT2D eigenvalue weighted by Gasteiger charge is -2.05. The normalized spacial score (nSPS) is 10.3. The number of nitrogens with zero attached hydrogens (tertiary/aromatic N) is 3. The van der Waals surface area contributed by atoms with Crippen LogP contribution in [-0.4, -0.2) is 25.7 Å². The van der Waals surface area contributed by atoms with Crippen LogP contribution >= 0.6 is 0 Å². The molecule has 104 valence electrons. The van der Waals surface area contributed by atoms with Crippen LogP contribution in [0.3, 0.4) is 0 Å². The van der Waals surface area contributed by atoms with E-state index in [1.165, 1.54) is 12.1 Å². The molecule has 0 atom stereocenters. The van der Waals surface area contributed by atoms with Crippen molar-refractivity contribution in [1.82, 2.24) is 9.78 Å². The molecule has 0 bridgehead atoms. The highest BCUT2D eigenvalue weighted by Crippen LogP contribution is 2.28. The molecule has 0 aliphatic carbocycles. The molecule has 0 spiro atoms. The number of nitro groups is 1. The van der Waals surface area contributed by atoms with E-state index in [1.807, 2.05) is 0 Å². The molecular weight excluding hydrogens is 264 g/mol. The average molecular weight is 276 g/mol. The number of hydrogen-bond donors (Lipinski definition) is 2. The number of aromatic nitrogens is 2. The van der Waals surface area contributed by atoms with Gasteiger partial charge >= 0.3 is 0 Å². The largest absolute Gasteiger partial charge is 0.506 e. The Morgan fingerprint density at radius 3 is 2.65 bits per heavy atom. The van der Waals surface area contributed by atoms with Crippen molar-refractivity contribution in [2.75, 3.05) is 5.32 Å². The van der Waals surface area contributed by atoms with Crippen molar-refractivity contribution in [1.29, 1.82) is 0 Å². The van der Waals surface area contributed by atoms with Crippen LogP contribution in [0.5, 0.6) is 5.75 Å². The van der Waals surface area contributed by atoms with Crippen molar-refractivity contribution < 1.29 is 14.8 Å². The third-order valence-electron chi connectivity index (χ3n) is 2.79. The summed E-state index contributed by atoms with van der Waals surface area (Å²) < 4.78 is 1.55. The molecule has 0 saturated carbocycles. The lowest BCUT2D eigenvalue weighted by atomic mass is 10.2. The maximum atomic E-state index is 11.9. The molecular formula is C12H12N4O4. The van der Waals surface area contributed by atoms with E-state index < -0.39 is 10.8 Å². The standard InChI is InChI=1S/C12H12N4O4/c1-7-5-10(14-15(7)2)12(18)13-9-4-3-8(16(19)20)6-11(9)17/h3-6,17H,1-2H3,(H,13,18). The molecule has 2 N–H and O–H groups in total. The molecule has 8 heteroatoms. The lowest BCUT2D eigenvalue weighted by molar-refractivity contribution is -0.384. The first-order valence-corrected chi connectivity index (χ1v) is 5.68. The van der Waals surface area contributed by atoms with Crippen molar-refractivity contribution in [2.45, 2.75) is 6.92 Å². The monoisotopic (exact) mass is 276 g/mol. The Kier molecular flexibility index (Phi) is 3.38. The molecule has 1 amide bonds. The van der Waals surface area contributed by atoms with Crippen LogP contribution in [0.25, 0.3) is 0 Å². The number of phenols is 1. The number of anilines is 1. The van der Waals surface area contributed by atoms with Gasteiger partial charge in [0.05, 0.1) is 16.7 Å². The van der Waals surface area contributed by atoms with Gasteiger partial charge in [-0.05, 0) is 19.1 Å². The van der Waals surface area contributed by atoms with E-state index >= 15 is 0 Å². The van der Waals surface area contributed by atoms with Gasteiger partial charge in [-0.3, -0.25) is 19.6 Å². The van der Waals surface area contributed by atoms with Crippen LogP contribution < -0.4 is 5.32 Å². The first-order chi connectivity index (χ1) is 9.38. The second kappa shape index (κ2) is 5.00. The number of carbonyl (C=O) groups excluding carboxylic acids is 1. The molecule has 0 fully saturated rings. The molecule has 0 aliphatic rings. The zero-order chi connectivity index (χ0) is 14.9. The summed E-state index contributed by atoms with van der Waals surface area (Å²) in [5.41, 5.74) is 0.837.